The maximum Gasteiger partial charge on any atom is 0.129 e. The van der Waals surface area contributed by atoms with Crippen LogP contribution >= 0.6 is 0 Å². The van der Waals surface area contributed by atoms with Crippen molar-refractivity contribution in [1.29, 1.82) is 0 Å². The Morgan fingerprint density at radius 1 is 0.854 bits per heavy atom. The van der Waals surface area contributed by atoms with Crippen molar-refractivity contribution in [1.82, 2.24) is 0 Å². The third-order valence-corrected chi connectivity index (χ3v) is 8.56. The van der Waals surface area contributed by atoms with Gasteiger partial charge in [-0.1, -0.05) is 102 Å². The number of nitrogens with one attached hydrogen (secondary N) is 1. The van der Waals surface area contributed by atoms with Crippen LogP contribution in [0.1, 0.15) is 51.8 Å². The Morgan fingerprint density at radius 3 is 2.51 bits per heavy atom. The molecule has 3 atom stereocenters. The molecule has 3 nitrogen and oxygen atoms in total. The van der Waals surface area contributed by atoms with Gasteiger partial charge in [0.25, 0.3) is 0 Å². The molecule has 7 rings (SSSR count). The number of fused-ring (bicyclic) bond motifs is 4. The molecule has 0 fully saturated rings. The highest BCUT2D eigenvalue weighted by Gasteiger charge is 2.37. The highest BCUT2D eigenvalue weighted by Crippen LogP contribution is 2.50. The summed E-state index contributed by atoms with van der Waals surface area (Å²) in [5, 5.41) is 6.16. The first kappa shape index (κ1) is 25.3. The molecule has 0 spiro atoms. The average molecular weight is 535 g/mol. The van der Waals surface area contributed by atoms with Crippen LogP contribution in [0.4, 0.5) is 11.4 Å². The van der Waals surface area contributed by atoms with Crippen LogP contribution < -0.4 is 10.1 Å². The normalized spacial score (nSPS) is 19.2. The minimum absolute atomic E-state index is 0.281. The predicted octanol–water partition coefficient (Wildman–Crippen LogP) is 9.61. The van der Waals surface area contributed by atoms with Gasteiger partial charge in [-0.25, -0.2) is 0 Å². The Bertz CT molecular complexity index is 1770. The lowest BCUT2D eigenvalue weighted by molar-refractivity contribution is 0.306. The van der Waals surface area contributed by atoms with Gasteiger partial charge < -0.3 is 10.1 Å². The quantitative estimate of drug-likeness (QED) is 0.174. The van der Waals surface area contributed by atoms with Crippen LogP contribution in [-0.4, -0.2) is 6.21 Å². The van der Waals surface area contributed by atoms with Gasteiger partial charge in [-0.3, -0.25) is 4.99 Å². The number of anilines is 1. The Labute approximate surface area is 242 Å². The van der Waals surface area contributed by atoms with E-state index < -0.39 is 0 Å². The fourth-order valence-corrected chi connectivity index (χ4v) is 6.33. The number of hydrogen-bond donors (Lipinski definition) is 1. The van der Waals surface area contributed by atoms with E-state index >= 15 is 0 Å². The van der Waals surface area contributed by atoms with Crippen molar-refractivity contribution in [2.24, 2.45) is 10.9 Å². The van der Waals surface area contributed by atoms with Gasteiger partial charge in [0, 0.05) is 23.4 Å². The van der Waals surface area contributed by atoms with Gasteiger partial charge in [-0.2, -0.15) is 0 Å². The fraction of sp³-hybridized carbons (Fsp3) is 0.184. The molecule has 1 N–H and O–H groups in total. The van der Waals surface area contributed by atoms with Gasteiger partial charge >= 0.3 is 0 Å². The van der Waals surface area contributed by atoms with Gasteiger partial charge in [-0.15, -0.1) is 0 Å². The Hall–Kier alpha value is -4.63. The number of nitrogens with zero attached hydrogens (tertiary/aromatic N) is 1. The van der Waals surface area contributed by atoms with Gasteiger partial charge in [0.05, 0.1) is 11.7 Å². The number of hydrogen-bond acceptors (Lipinski definition) is 3. The molecule has 0 saturated carbocycles. The largest absolute Gasteiger partial charge is 0.488 e. The summed E-state index contributed by atoms with van der Waals surface area (Å²) < 4.78 is 6.33. The Balaban J connectivity index is 1.15. The minimum atomic E-state index is 0.281. The van der Waals surface area contributed by atoms with Crippen LogP contribution in [0.3, 0.4) is 0 Å². The molecule has 202 valence electrons. The zero-order valence-electron chi connectivity index (χ0n) is 23.5. The molecule has 1 aliphatic carbocycles. The summed E-state index contributed by atoms with van der Waals surface area (Å²) in [6, 6.07) is 36.9. The van der Waals surface area contributed by atoms with E-state index in [1.165, 1.54) is 33.3 Å². The van der Waals surface area contributed by atoms with E-state index in [0.717, 1.165) is 34.4 Å². The maximum atomic E-state index is 6.33. The molecule has 0 radical (unpaired) electrons. The van der Waals surface area contributed by atoms with Crippen molar-refractivity contribution >= 4 is 28.4 Å². The second kappa shape index (κ2) is 10.7. The molecular weight excluding hydrogens is 500 g/mol. The first-order valence-corrected chi connectivity index (χ1v) is 14.5. The third-order valence-electron chi connectivity index (χ3n) is 8.56. The molecule has 2 aliphatic rings. The van der Waals surface area contributed by atoms with Crippen molar-refractivity contribution < 1.29 is 4.74 Å². The van der Waals surface area contributed by atoms with Crippen LogP contribution in [0.15, 0.2) is 120 Å². The fourth-order valence-electron chi connectivity index (χ4n) is 6.33. The van der Waals surface area contributed by atoms with Gasteiger partial charge in [0.2, 0.25) is 0 Å². The van der Waals surface area contributed by atoms with Crippen LogP contribution in [0.2, 0.25) is 0 Å². The van der Waals surface area contributed by atoms with E-state index in [0.29, 0.717) is 18.4 Å². The zero-order chi connectivity index (χ0) is 27.8. The molecule has 0 unspecified atom stereocenters. The third kappa shape index (κ3) is 5.04. The van der Waals surface area contributed by atoms with Crippen molar-refractivity contribution in [3.63, 3.8) is 0 Å². The van der Waals surface area contributed by atoms with E-state index in [1.807, 2.05) is 6.21 Å². The molecule has 1 heterocycles. The summed E-state index contributed by atoms with van der Waals surface area (Å²) >= 11 is 0. The lowest BCUT2D eigenvalue weighted by Gasteiger charge is -2.37. The summed E-state index contributed by atoms with van der Waals surface area (Å²) in [5.41, 5.74) is 9.63. The topological polar surface area (TPSA) is 33.6 Å². The molecule has 41 heavy (non-hydrogen) atoms. The van der Waals surface area contributed by atoms with Crippen molar-refractivity contribution in [2.75, 3.05) is 5.32 Å². The van der Waals surface area contributed by atoms with E-state index in [-0.39, 0.29) is 6.04 Å². The Morgan fingerprint density at radius 2 is 1.66 bits per heavy atom. The number of aliphatic imine (C=N–C) groups is 1. The summed E-state index contributed by atoms with van der Waals surface area (Å²) in [4.78, 5) is 4.91. The number of ether oxygens (including phenoxy) is 1. The first-order chi connectivity index (χ1) is 20.1. The van der Waals surface area contributed by atoms with E-state index in [9.17, 15) is 0 Å². The molecule has 0 saturated heterocycles. The molecule has 0 aromatic heterocycles. The maximum absolute atomic E-state index is 6.33. The highest BCUT2D eigenvalue weighted by atomic mass is 16.5. The average Bonchev–Trinajstić information content (AvgIpc) is 3.50. The minimum Gasteiger partial charge on any atom is -0.488 e. The van der Waals surface area contributed by atoms with E-state index in [4.69, 9.17) is 9.73 Å². The highest BCUT2D eigenvalue weighted by molar-refractivity contribution is 6.03. The smallest absolute Gasteiger partial charge is 0.129 e. The predicted molar refractivity (Wildman–Crippen MR) is 171 cm³/mol. The molecule has 0 amide bonds. The summed E-state index contributed by atoms with van der Waals surface area (Å²) in [7, 11) is 0. The van der Waals surface area contributed by atoms with Gasteiger partial charge in [0.1, 0.15) is 12.4 Å². The Kier molecular flexibility index (Phi) is 6.64. The second-order valence-corrected chi connectivity index (χ2v) is 11.4. The van der Waals surface area contributed by atoms with Gasteiger partial charge in [0.15, 0.2) is 0 Å². The summed E-state index contributed by atoms with van der Waals surface area (Å²) in [6.45, 7) is 4.79. The monoisotopic (exact) mass is 534 g/mol. The molecule has 3 heteroatoms. The second-order valence-electron chi connectivity index (χ2n) is 11.4. The SMILES string of the molecule is Cc1ccc(COc2ccc3ccccc3c2C=Nc2ccc([C@@H]3Nc4ccc(C)cc4[C@@H]4C=CC[C@@H]43)cc2)cc1. The van der Waals surface area contributed by atoms with Crippen molar-refractivity contribution in [3.05, 3.63) is 149 Å². The molecular formula is C38H34N2O. The molecule has 0 bridgehead atoms. The van der Waals surface area contributed by atoms with E-state index in [2.05, 4.69) is 134 Å². The lowest BCUT2D eigenvalue weighted by Crippen LogP contribution is -2.29. The van der Waals surface area contributed by atoms with Crippen LogP contribution in [0.5, 0.6) is 5.75 Å². The number of rotatable bonds is 6. The van der Waals surface area contributed by atoms with Gasteiger partial charge in [-0.05, 0) is 77.9 Å². The van der Waals surface area contributed by atoms with E-state index in [1.54, 1.807) is 0 Å². The lowest BCUT2D eigenvalue weighted by atomic mass is 9.76. The molecule has 1 aliphatic heterocycles. The standard InChI is InChI=1S/C38H34N2O/c1-25-10-13-27(14-11-25)24-41-37-21-17-28-6-3-4-7-31(28)35(37)23-39-30-18-15-29(16-19-30)38-33-9-5-8-32(33)34-22-26(2)12-20-36(34)40-38/h3-8,10-23,32-33,38,40H,9,24H2,1-2H3/t32-,33+,38+/m1/s1. The summed E-state index contributed by atoms with van der Waals surface area (Å²) in [6.07, 6.45) is 7.80. The number of benzene rings is 5. The zero-order valence-corrected chi connectivity index (χ0v) is 23.5. The van der Waals surface area contributed by atoms with Crippen LogP contribution in [-0.2, 0) is 6.61 Å². The van der Waals surface area contributed by atoms with Crippen LogP contribution in [0.25, 0.3) is 10.8 Å². The number of allylic oxidation sites excluding steroid dienone is 2. The molecule has 5 aromatic rings. The van der Waals surface area contributed by atoms with Crippen molar-refractivity contribution in [3.8, 4) is 5.75 Å². The summed E-state index contributed by atoms with van der Waals surface area (Å²) in [5.74, 6) is 1.84. The number of aryl methyl sites for hydroxylation is 2. The molecule has 5 aromatic carbocycles. The first-order valence-electron chi connectivity index (χ1n) is 14.5. The van der Waals surface area contributed by atoms with Crippen molar-refractivity contribution in [2.45, 2.75) is 38.8 Å². The van der Waals surface area contributed by atoms with Crippen LogP contribution in [0, 0.1) is 19.8 Å².